The van der Waals surface area contributed by atoms with Crippen LogP contribution in [0.15, 0.2) is 66.2 Å². The second kappa shape index (κ2) is 10.5. The number of aromatic nitrogens is 3. The lowest BCUT2D eigenvalue weighted by atomic mass is 9.86. The van der Waals surface area contributed by atoms with Crippen LogP contribution in [-0.4, -0.2) is 33.4 Å². The van der Waals surface area contributed by atoms with Gasteiger partial charge in [-0.3, -0.25) is 4.99 Å². The highest BCUT2D eigenvalue weighted by Crippen LogP contribution is 2.46. The number of ether oxygens (including phenoxy) is 1. The first-order valence-electron chi connectivity index (χ1n) is 11.4. The van der Waals surface area contributed by atoms with Gasteiger partial charge in [0.25, 0.3) is 0 Å². The van der Waals surface area contributed by atoms with Crippen LogP contribution < -0.4 is 15.4 Å². The quantitative estimate of drug-likeness (QED) is 0.275. The molecule has 7 nitrogen and oxygen atoms in total. The van der Waals surface area contributed by atoms with Crippen molar-refractivity contribution in [3.05, 3.63) is 77.9 Å². The van der Waals surface area contributed by atoms with Crippen molar-refractivity contribution in [1.82, 2.24) is 25.4 Å². The Labute approximate surface area is 212 Å². The van der Waals surface area contributed by atoms with Crippen LogP contribution in [0.3, 0.4) is 0 Å². The second-order valence-corrected chi connectivity index (χ2v) is 8.77. The zero-order valence-electron chi connectivity index (χ0n) is 18.9. The summed E-state index contributed by atoms with van der Waals surface area (Å²) < 4.78 is 8.33. The van der Waals surface area contributed by atoms with E-state index in [2.05, 4.69) is 74.2 Å². The fourth-order valence-corrected chi connectivity index (χ4v) is 4.96. The van der Waals surface area contributed by atoms with E-state index in [-0.39, 0.29) is 35.6 Å². The molecule has 2 aromatic carbocycles. The van der Waals surface area contributed by atoms with Gasteiger partial charge >= 0.3 is 0 Å². The van der Waals surface area contributed by atoms with Gasteiger partial charge in [0.2, 0.25) is 0 Å². The molecule has 1 unspecified atom stereocenters. The molecule has 0 bridgehead atoms. The summed E-state index contributed by atoms with van der Waals surface area (Å²) in [7, 11) is 1.83. The number of para-hydroxylation sites is 1. The average Bonchev–Trinajstić information content (AvgIpc) is 3.49. The Hall–Kier alpha value is -2.62. The zero-order valence-corrected chi connectivity index (χ0v) is 21.2. The van der Waals surface area contributed by atoms with E-state index in [1.54, 1.807) is 12.7 Å². The molecule has 2 heterocycles. The molecule has 1 spiro atoms. The number of halogens is 1. The summed E-state index contributed by atoms with van der Waals surface area (Å²) in [6.45, 7) is 1.41. The van der Waals surface area contributed by atoms with Crippen LogP contribution in [0.25, 0.3) is 0 Å². The fraction of sp³-hybridized carbons (Fsp3) is 0.400. The lowest BCUT2D eigenvalue weighted by Gasteiger charge is -2.40. The minimum atomic E-state index is -0.0411. The molecule has 0 saturated heterocycles. The predicted molar refractivity (Wildman–Crippen MR) is 140 cm³/mol. The first kappa shape index (κ1) is 23.5. The van der Waals surface area contributed by atoms with E-state index in [1.807, 2.05) is 11.7 Å². The lowest BCUT2D eigenvalue weighted by Crippen LogP contribution is -2.46. The Morgan fingerprint density at radius 1 is 1.15 bits per heavy atom. The fourth-order valence-electron chi connectivity index (χ4n) is 4.96. The van der Waals surface area contributed by atoms with Crippen molar-refractivity contribution in [3.8, 4) is 5.75 Å². The molecule has 0 amide bonds. The Morgan fingerprint density at radius 2 is 1.97 bits per heavy atom. The molecule has 33 heavy (non-hydrogen) atoms. The van der Waals surface area contributed by atoms with Gasteiger partial charge in [-0.25, -0.2) is 9.67 Å². The monoisotopic (exact) mass is 558 g/mol. The van der Waals surface area contributed by atoms with Crippen molar-refractivity contribution >= 4 is 29.9 Å². The summed E-state index contributed by atoms with van der Waals surface area (Å²) in [4.78, 5) is 8.52. The van der Waals surface area contributed by atoms with Crippen LogP contribution in [0.5, 0.6) is 5.75 Å². The van der Waals surface area contributed by atoms with Gasteiger partial charge in [-0.05, 0) is 42.9 Å². The maximum Gasteiger partial charge on any atom is 0.191 e. The van der Waals surface area contributed by atoms with Crippen molar-refractivity contribution in [2.24, 2.45) is 4.99 Å². The summed E-state index contributed by atoms with van der Waals surface area (Å²) >= 11 is 0. The molecule has 1 fully saturated rings. The van der Waals surface area contributed by atoms with E-state index < -0.39 is 0 Å². The van der Waals surface area contributed by atoms with E-state index in [0.717, 1.165) is 31.0 Å². The van der Waals surface area contributed by atoms with Crippen molar-refractivity contribution in [2.45, 2.75) is 56.8 Å². The number of hydrogen-bond donors (Lipinski definition) is 2. The molecule has 3 aromatic rings. The molecule has 1 aromatic heterocycles. The van der Waals surface area contributed by atoms with Gasteiger partial charge in [-0.2, -0.15) is 5.10 Å². The van der Waals surface area contributed by atoms with Crippen LogP contribution >= 0.6 is 24.0 Å². The normalized spacial score (nSPS) is 18.8. The van der Waals surface area contributed by atoms with E-state index >= 15 is 0 Å². The third kappa shape index (κ3) is 5.48. The molecule has 2 N–H and O–H groups in total. The maximum absolute atomic E-state index is 6.50. The lowest BCUT2D eigenvalue weighted by molar-refractivity contribution is 0.0396. The highest BCUT2D eigenvalue weighted by atomic mass is 127. The Kier molecular flexibility index (Phi) is 7.52. The van der Waals surface area contributed by atoms with Crippen molar-refractivity contribution in [3.63, 3.8) is 0 Å². The average molecular weight is 558 g/mol. The van der Waals surface area contributed by atoms with Crippen molar-refractivity contribution in [1.29, 1.82) is 0 Å². The highest BCUT2D eigenvalue weighted by Gasteiger charge is 2.43. The molecule has 8 heteroatoms. The number of hydrogen-bond acceptors (Lipinski definition) is 4. The first-order valence-corrected chi connectivity index (χ1v) is 11.4. The molecule has 5 rings (SSSR count). The Morgan fingerprint density at radius 3 is 2.76 bits per heavy atom. The predicted octanol–water partition coefficient (Wildman–Crippen LogP) is 4.45. The Bertz CT molecular complexity index is 1080. The van der Waals surface area contributed by atoms with Crippen LogP contribution in [0, 0.1) is 0 Å². The van der Waals surface area contributed by atoms with Crippen LogP contribution in [0.2, 0.25) is 0 Å². The molecule has 1 aliphatic carbocycles. The van der Waals surface area contributed by atoms with E-state index in [4.69, 9.17) is 4.74 Å². The number of nitrogens with one attached hydrogen (secondary N) is 2. The minimum absolute atomic E-state index is 0. The van der Waals surface area contributed by atoms with E-state index in [9.17, 15) is 0 Å². The summed E-state index contributed by atoms with van der Waals surface area (Å²) in [6.07, 6.45) is 9.01. The van der Waals surface area contributed by atoms with Gasteiger partial charge in [0.1, 0.15) is 24.0 Å². The van der Waals surface area contributed by atoms with Crippen LogP contribution in [0.4, 0.5) is 0 Å². The van der Waals surface area contributed by atoms with Crippen molar-refractivity contribution < 1.29 is 4.74 Å². The molecule has 2 aliphatic rings. The minimum Gasteiger partial charge on any atom is -0.487 e. The molecule has 1 saturated carbocycles. The number of guanidine groups is 1. The van der Waals surface area contributed by atoms with Gasteiger partial charge in [-0.15, -0.1) is 24.0 Å². The van der Waals surface area contributed by atoms with E-state index in [0.29, 0.717) is 13.1 Å². The molecule has 174 valence electrons. The molecule has 0 radical (unpaired) electrons. The van der Waals surface area contributed by atoms with Gasteiger partial charge in [0.05, 0.1) is 12.6 Å². The molecular formula is C25H31IN6O. The standard InChI is InChI=1S/C25H30N6O.HI/c1-26-24(28-15-19-7-6-8-20(13-19)16-31-18-27-17-29-31)30-22-14-25(11-4-5-12-25)32-23-10-3-2-9-21(22)23;/h2-3,6-10,13,17-18,22H,4-5,11-12,14-16H2,1H3,(H2,26,28,30);1H. The zero-order chi connectivity index (χ0) is 21.8. The smallest absolute Gasteiger partial charge is 0.191 e. The number of rotatable bonds is 5. The molecule has 1 aliphatic heterocycles. The molecular weight excluding hydrogens is 527 g/mol. The highest BCUT2D eigenvalue weighted by molar-refractivity contribution is 14.0. The van der Waals surface area contributed by atoms with Gasteiger partial charge in [0.15, 0.2) is 5.96 Å². The van der Waals surface area contributed by atoms with Gasteiger partial charge in [-0.1, -0.05) is 42.5 Å². The number of fused-ring (bicyclic) bond motifs is 1. The third-order valence-electron chi connectivity index (χ3n) is 6.51. The van der Waals surface area contributed by atoms with Gasteiger partial charge < -0.3 is 15.4 Å². The number of aliphatic imine (C=N–C) groups is 1. The Balaban J connectivity index is 0.00000259. The number of benzene rings is 2. The largest absolute Gasteiger partial charge is 0.487 e. The van der Waals surface area contributed by atoms with Crippen molar-refractivity contribution in [2.75, 3.05) is 7.05 Å². The summed E-state index contributed by atoms with van der Waals surface area (Å²) in [5.74, 6) is 1.82. The SMILES string of the molecule is CN=C(NCc1cccc(Cn2cncn2)c1)NC1CC2(CCCC2)Oc2ccccc21.I. The maximum atomic E-state index is 6.50. The molecule has 1 atom stereocenters. The first-order chi connectivity index (χ1) is 15.7. The van der Waals surface area contributed by atoms with E-state index in [1.165, 1.54) is 29.5 Å². The van der Waals surface area contributed by atoms with Gasteiger partial charge in [0, 0.05) is 25.6 Å². The summed E-state index contributed by atoms with van der Waals surface area (Å²) in [5, 5.41) is 11.4. The second-order valence-electron chi connectivity index (χ2n) is 8.77. The summed E-state index contributed by atoms with van der Waals surface area (Å²) in [5.41, 5.74) is 3.56. The van der Waals surface area contributed by atoms with Crippen LogP contribution in [0.1, 0.15) is 54.8 Å². The van der Waals surface area contributed by atoms with Crippen LogP contribution in [-0.2, 0) is 13.1 Å². The topological polar surface area (TPSA) is 76.4 Å². The summed E-state index contributed by atoms with van der Waals surface area (Å²) in [6, 6.07) is 17.1. The third-order valence-corrected chi connectivity index (χ3v) is 6.51. The number of nitrogens with zero attached hydrogens (tertiary/aromatic N) is 4.